The van der Waals surface area contributed by atoms with Crippen LogP contribution in [0.1, 0.15) is 22.6 Å². The van der Waals surface area contributed by atoms with Gasteiger partial charge >= 0.3 is 0 Å². The van der Waals surface area contributed by atoms with E-state index in [4.69, 9.17) is 4.74 Å². The number of fused-ring (bicyclic) bond motifs is 2. The van der Waals surface area contributed by atoms with Crippen LogP contribution in [-0.4, -0.2) is 5.11 Å². The van der Waals surface area contributed by atoms with Gasteiger partial charge in [0.1, 0.15) is 17.2 Å². The molecule has 0 radical (unpaired) electrons. The maximum Gasteiger partial charge on any atom is 0.135 e. The highest BCUT2D eigenvalue weighted by Gasteiger charge is 2.30. The third-order valence-electron chi connectivity index (χ3n) is 3.91. The minimum Gasteiger partial charge on any atom is -0.507 e. The summed E-state index contributed by atoms with van der Waals surface area (Å²) in [7, 11) is 0. The van der Waals surface area contributed by atoms with Crippen molar-refractivity contribution < 1.29 is 9.84 Å². The summed E-state index contributed by atoms with van der Waals surface area (Å²) in [4.78, 5) is 0. The third-order valence-corrected chi connectivity index (χ3v) is 3.91. The van der Waals surface area contributed by atoms with Crippen molar-refractivity contribution in [3.8, 4) is 17.2 Å². The average molecular weight is 274 g/mol. The number of ether oxygens (including phenoxy) is 1. The fourth-order valence-corrected chi connectivity index (χ4v) is 2.99. The zero-order valence-electron chi connectivity index (χ0n) is 11.4. The van der Waals surface area contributed by atoms with Crippen LogP contribution in [0, 0.1) is 0 Å². The summed E-state index contributed by atoms with van der Waals surface area (Å²) in [5.41, 5.74) is 3.07. The Balaban J connectivity index is 2.01. The SMILES string of the molecule is Oc1cccc2c1C(c1ccccc1)c1ccccc1O2. The summed E-state index contributed by atoms with van der Waals surface area (Å²) < 4.78 is 5.95. The standard InChI is InChI=1S/C19H14O2/c20-15-10-6-12-17-19(15)18(13-7-2-1-3-8-13)14-9-4-5-11-16(14)21-17/h1-12,18,20H. The maximum atomic E-state index is 10.3. The first-order chi connectivity index (χ1) is 10.3. The van der Waals surface area contributed by atoms with Crippen LogP contribution in [0.15, 0.2) is 72.8 Å². The smallest absolute Gasteiger partial charge is 0.135 e. The molecule has 0 aliphatic carbocycles. The first-order valence-electron chi connectivity index (χ1n) is 6.98. The number of hydrogen-bond acceptors (Lipinski definition) is 2. The molecule has 0 aromatic heterocycles. The van der Waals surface area contributed by atoms with Crippen LogP contribution in [0.2, 0.25) is 0 Å². The van der Waals surface area contributed by atoms with Crippen LogP contribution in [0.5, 0.6) is 17.2 Å². The van der Waals surface area contributed by atoms with Crippen LogP contribution in [0.4, 0.5) is 0 Å². The van der Waals surface area contributed by atoms with Gasteiger partial charge in [-0.25, -0.2) is 0 Å². The number of para-hydroxylation sites is 1. The topological polar surface area (TPSA) is 29.5 Å². The van der Waals surface area contributed by atoms with E-state index in [0.717, 1.165) is 28.2 Å². The lowest BCUT2D eigenvalue weighted by atomic mass is 9.82. The highest BCUT2D eigenvalue weighted by molar-refractivity contribution is 5.61. The molecule has 0 saturated heterocycles. The van der Waals surface area contributed by atoms with E-state index < -0.39 is 0 Å². The molecule has 1 aliphatic rings. The van der Waals surface area contributed by atoms with Gasteiger partial charge in [-0.2, -0.15) is 0 Å². The van der Waals surface area contributed by atoms with Crippen LogP contribution in [-0.2, 0) is 0 Å². The largest absolute Gasteiger partial charge is 0.507 e. The van der Waals surface area contributed by atoms with Gasteiger partial charge in [0.2, 0.25) is 0 Å². The maximum absolute atomic E-state index is 10.3. The van der Waals surface area contributed by atoms with Gasteiger partial charge in [0.05, 0.1) is 0 Å². The highest BCUT2D eigenvalue weighted by Crippen LogP contribution is 2.50. The molecule has 0 spiro atoms. The summed E-state index contributed by atoms with van der Waals surface area (Å²) in [6.07, 6.45) is 0. The molecule has 3 aromatic rings. The van der Waals surface area contributed by atoms with Gasteiger partial charge in [0.15, 0.2) is 0 Å². The average Bonchev–Trinajstić information content (AvgIpc) is 2.54. The van der Waals surface area contributed by atoms with Crippen molar-refractivity contribution in [3.63, 3.8) is 0 Å². The number of phenolic OH excluding ortho intramolecular Hbond substituents is 1. The van der Waals surface area contributed by atoms with E-state index in [-0.39, 0.29) is 11.7 Å². The van der Waals surface area contributed by atoms with E-state index >= 15 is 0 Å². The number of aromatic hydroxyl groups is 1. The molecule has 0 amide bonds. The molecule has 1 heterocycles. The summed E-state index contributed by atoms with van der Waals surface area (Å²) >= 11 is 0. The molecule has 1 N–H and O–H groups in total. The second kappa shape index (κ2) is 4.67. The van der Waals surface area contributed by atoms with Gasteiger partial charge in [-0.15, -0.1) is 0 Å². The lowest BCUT2D eigenvalue weighted by molar-refractivity contribution is 0.425. The van der Waals surface area contributed by atoms with Crippen molar-refractivity contribution >= 4 is 0 Å². The number of benzene rings is 3. The molecule has 1 aliphatic heterocycles. The van der Waals surface area contributed by atoms with Crippen molar-refractivity contribution in [1.29, 1.82) is 0 Å². The molecule has 21 heavy (non-hydrogen) atoms. The van der Waals surface area contributed by atoms with Crippen molar-refractivity contribution in [2.75, 3.05) is 0 Å². The molecule has 2 heteroatoms. The molecule has 1 unspecified atom stereocenters. The minimum atomic E-state index is -0.00708. The second-order valence-corrected chi connectivity index (χ2v) is 5.17. The Bertz CT molecular complexity index is 794. The number of rotatable bonds is 1. The summed E-state index contributed by atoms with van der Waals surface area (Å²) in [5.74, 6) is 1.84. The summed E-state index contributed by atoms with van der Waals surface area (Å²) in [5, 5.41) is 10.3. The summed E-state index contributed by atoms with van der Waals surface area (Å²) in [6, 6.07) is 23.6. The van der Waals surface area contributed by atoms with Crippen molar-refractivity contribution in [1.82, 2.24) is 0 Å². The third kappa shape index (κ3) is 1.88. The van der Waals surface area contributed by atoms with E-state index in [2.05, 4.69) is 18.2 Å². The molecule has 1 atom stereocenters. The fourth-order valence-electron chi connectivity index (χ4n) is 2.99. The van der Waals surface area contributed by atoms with E-state index in [9.17, 15) is 5.11 Å². The molecular formula is C19H14O2. The number of phenols is 1. The molecule has 102 valence electrons. The Labute approximate surface area is 123 Å². The van der Waals surface area contributed by atoms with Gasteiger partial charge < -0.3 is 9.84 Å². The van der Waals surface area contributed by atoms with Crippen LogP contribution in [0.3, 0.4) is 0 Å². The molecular weight excluding hydrogens is 260 g/mol. The number of hydrogen-bond donors (Lipinski definition) is 1. The molecule has 2 nitrogen and oxygen atoms in total. The summed E-state index contributed by atoms with van der Waals surface area (Å²) in [6.45, 7) is 0. The Kier molecular flexibility index (Phi) is 2.68. The van der Waals surface area contributed by atoms with Crippen molar-refractivity contribution in [3.05, 3.63) is 89.5 Å². The van der Waals surface area contributed by atoms with Crippen LogP contribution >= 0.6 is 0 Å². The fraction of sp³-hybridized carbons (Fsp3) is 0.0526. The Morgan fingerprint density at radius 1 is 0.714 bits per heavy atom. The van der Waals surface area contributed by atoms with E-state index in [1.54, 1.807) is 6.07 Å². The molecule has 4 rings (SSSR count). The van der Waals surface area contributed by atoms with Gasteiger partial charge in [0.25, 0.3) is 0 Å². The second-order valence-electron chi connectivity index (χ2n) is 5.17. The highest BCUT2D eigenvalue weighted by atomic mass is 16.5. The van der Waals surface area contributed by atoms with Gasteiger partial charge in [-0.3, -0.25) is 0 Å². The monoisotopic (exact) mass is 274 g/mol. The molecule has 0 bridgehead atoms. The molecule has 0 saturated carbocycles. The minimum absolute atomic E-state index is 0.00708. The Hall–Kier alpha value is -2.74. The van der Waals surface area contributed by atoms with E-state index in [0.29, 0.717) is 0 Å². The lowest BCUT2D eigenvalue weighted by Gasteiger charge is -2.29. The predicted octanol–water partition coefficient (Wildman–Crippen LogP) is 4.68. The Morgan fingerprint density at radius 2 is 1.43 bits per heavy atom. The van der Waals surface area contributed by atoms with Gasteiger partial charge in [-0.1, -0.05) is 54.6 Å². The van der Waals surface area contributed by atoms with E-state index in [1.807, 2.05) is 48.5 Å². The van der Waals surface area contributed by atoms with Crippen molar-refractivity contribution in [2.24, 2.45) is 0 Å². The first kappa shape index (κ1) is 12.0. The van der Waals surface area contributed by atoms with Crippen LogP contribution < -0.4 is 4.74 Å². The molecule has 3 aromatic carbocycles. The van der Waals surface area contributed by atoms with Gasteiger partial charge in [0, 0.05) is 17.0 Å². The lowest BCUT2D eigenvalue weighted by Crippen LogP contribution is -2.11. The zero-order valence-corrected chi connectivity index (χ0v) is 11.4. The quantitative estimate of drug-likeness (QED) is 0.546. The normalized spacial score (nSPS) is 15.7. The van der Waals surface area contributed by atoms with E-state index in [1.165, 1.54) is 0 Å². The zero-order chi connectivity index (χ0) is 14.2. The van der Waals surface area contributed by atoms with Gasteiger partial charge in [-0.05, 0) is 23.8 Å². The molecule has 0 fully saturated rings. The first-order valence-corrected chi connectivity index (χ1v) is 6.98. The Morgan fingerprint density at radius 3 is 2.29 bits per heavy atom. The predicted molar refractivity (Wildman–Crippen MR) is 82.0 cm³/mol. The van der Waals surface area contributed by atoms with Crippen molar-refractivity contribution in [2.45, 2.75) is 5.92 Å². The van der Waals surface area contributed by atoms with Crippen LogP contribution in [0.25, 0.3) is 0 Å².